The number of halogens is 1. The van der Waals surface area contributed by atoms with Crippen molar-refractivity contribution in [2.24, 2.45) is 5.92 Å². The average Bonchev–Trinajstić information content (AvgIpc) is 2.66. The Morgan fingerprint density at radius 1 is 1.47 bits per heavy atom. The average molecular weight is 257 g/mol. The van der Waals surface area contributed by atoms with Gasteiger partial charge in [-0.3, -0.25) is 4.90 Å². The zero-order valence-electron chi connectivity index (χ0n) is 10.2. The molecule has 1 heterocycles. The van der Waals surface area contributed by atoms with E-state index >= 15 is 0 Å². The molecule has 0 spiro atoms. The van der Waals surface area contributed by atoms with Crippen molar-refractivity contribution in [3.05, 3.63) is 29.8 Å². The SMILES string of the molecule is CNCC1CCN(Cc2cccc(O)c2)C1.Cl. The van der Waals surface area contributed by atoms with Gasteiger partial charge >= 0.3 is 0 Å². The van der Waals surface area contributed by atoms with Crippen molar-refractivity contribution in [1.82, 2.24) is 10.2 Å². The number of rotatable bonds is 4. The van der Waals surface area contributed by atoms with Crippen molar-refractivity contribution < 1.29 is 5.11 Å². The van der Waals surface area contributed by atoms with Gasteiger partial charge < -0.3 is 10.4 Å². The first kappa shape index (κ1) is 14.3. The Balaban J connectivity index is 0.00000144. The summed E-state index contributed by atoms with van der Waals surface area (Å²) in [5.41, 5.74) is 1.20. The van der Waals surface area contributed by atoms with Crippen molar-refractivity contribution in [2.45, 2.75) is 13.0 Å². The van der Waals surface area contributed by atoms with E-state index in [1.807, 2.05) is 19.2 Å². The molecule has 1 aliphatic heterocycles. The highest BCUT2D eigenvalue weighted by molar-refractivity contribution is 5.85. The van der Waals surface area contributed by atoms with E-state index in [2.05, 4.69) is 16.3 Å². The molecule has 1 aromatic rings. The zero-order valence-corrected chi connectivity index (χ0v) is 11.0. The molecule has 0 aromatic heterocycles. The number of phenols is 1. The molecular formula is C13H21ClN2O. The van der Waals surface area contributed by atoms with Gasteiger partial charge in [0.25, 0.3) is 0 Å². The van der Waals surface area contributed by atoms with Gasteiger partial charge in [-0.2, -0.15) is 0 Å². The lowest BCUT2D eigenvalue weighted by atomic mass is 10.1. The Hall–Kier alpha value is -0.770. The fraction of sp³-hybridized carbons (Fsp3) is 0.538. The lowest BCUT2D eigenvalue weighted by Gasteiger charge is -2.16. The molecule has 1 aromatic carbocycles. The molecule has 4 heteroatoms. The highest BCUT2D eigenvalue weighted by Crippen LogP contribution is 2.19. The first-order valence-electron chi connectivity index (χ1n) is 5.93. The van der Waals surface area contributed by atoms with E-state index in [-0.39, 0.29) is 12.4 Å². The van der Waals surface area contributed by atoms with Crippen LogP contribution in [0.25, 0.3) is 0 Å². The second-order valence-electron chi connectivity index (χ2n) is 4.62. The van der Waals surface area contributed by atoms with Crippen molar-refractivity contribution in [1.29, 1.82) is 0 Å². The van der Waals surface area contributed by atoms with Crippen molar-refractivity contribution in [3.8, 4) is 5.75 Å². The third-order valence-corrected chi connectivity index (χ3v) is 3.18. The molecular weight excluding hydrogens is 236 g/mol. The summed E-state index contributed by atoms with van der Waals surface area (Å²) >= 11 is 0. The fourth-order valence-electron chi connectivity index (χ4n) is 2.42. The zero-order chi connectivity index (χ0) is 11.4. The summed E-state index contributed by atoms with van der Waals surface area (Å²) in [6, 6.07) is 7.56. The number of hydrogen-bond donors (Lipinski definition) is 2. The van der Waals surface area contributed by atoms with Gasteiger partial charge in [-0.1, -0.05) is 12.1 Å². The maximum absolute atomic E-state index is 9.39. The summed E-state index contributed by atoms with van der Waals surface area (Å²) in [5, 5.41) is 12.6. The number of likely N-dealkylation sites (tertiary alicyclic amines) is 1. The van der Waals surface area contributed by atoms with Crippen LogP contribution >= 0.6 is 12.4 Å². The van der Waals surface area contributed by atoms with E-state index in [9.17, 15) is 5.11 Å². The normalized spacial score (nSPS) is 20.2. The molecule has 2 N–H and O–H groups in total. The standard InChI is InChI=1S/C13H20N2O.ClH/c1-14-8-12-5-6-15(10-12)9-11-3-2-4-13(16)7-11;/h2-4,7,12,14,16H,5-6,8-10H2,1H3;1H. The van der Waals surface area contributed by atoms with Gasteiger partial charge in [-0.25, -0.2) is 0 Å². The molecule has 0 amide bonds. The number of aromatic hydroxyl groups is 1. The summed E-state index contributed by atoms with van der Waals surface area (Å²) in [7, 11) is 2.01. The topological polar surface area (TPSA) is 35.5 Å². The van der Waals surface area contributed by atoms with Crippen LogP contribution in [0, 0.1) is 5.92 Å². The first-order valence-corrected chi connectivity index (χ1v) is 5.93. The van der Waals surface area contributed by atoms with Crippen LogP contribution in [0.15, 0.2) is 24.3 Å². The molecule has 96 valence electrons. The van der Waals surface area contributed by atoms with Crippen LogP contribution in [0.1, 0.15) is 12.0 Å². The van der Waals surface area contributed by atoms with Crippen molar-refractivity contribution in [3.63, 3.8) is 0 Å². The molecule has 1 saturated heterocycles. The third-order valence-electron chi connectivity index (χ3n) is 3.18. The molecule has 2 rings (SSSR count). The van der Waals surface area contributed by atoms with Gasteiger partial charge in [-0.15, -0.1) is 12.4 Å². The van der Waals surface area contributed by atoms with Gasteiger partial charge in [0.2, 0.25) is 0 Å². The van der Waals surface area contributed by atoms with Gasteiger partial charge in [0, 0.05) is 13.1 Å². The smallest absolute Gasteiger partial charge is 0.115 e. The van der Waals surface area contributed by atoms with Crippen LogP contribution in [0.3, 0.4) is 0 Å². The molecule has 17 heavy (non-hydrogen) atoms. The Morgan fingerprint density at radius 2 is 2.29 bits per heavy atom. The minimum atomic E-state index is 0. The Kier molecular flexibility index (Phi) is 5.75. The van der Waals surface area contributed by atoms with E-state index in [0.29, 0.717) is 5.75 Å². The lowest BCUT2D eigenvalue weighted by Crippen LogP contribution is -2.24. The molecule has 0 radical (unpaired) electrons. The van der Waals surface area contributed by atoms with E-state index in [1.54, 1.807) is 6.07 Å². The minimum Gasteiger partial charge on any atom is -0.508 e. The maximum atomic E-state index is 9.39. The Labute approximate surface area is 109 Å². The fourth-order valence-corrected chi connectivity index (χ4v) is 2.42. The summed E-state index contributed by atoms with van der Waals surface area (Å²) in [6.45, 7) is 4.39. The second kappa shape index (κ2) is 6.84. The van der Waals surface area contributed by atoms with Gasteiger partial charge in [-0.05, 0) is 50.2 Å². The van der Waals surface area contributed by atoms with Crippen LogP contribution in [0.4, 0.5) is 0 Å². The summed E-state index contributed by atoms with van der Waals surface area (Å²) < 4.78 is 0. The molecule has 1 aliphatic rings. The molecule has 0 bridgehead atoms. The number of benzene rings is 1. The number of hydrogen-bond acceptors (Lipinski definition) is 3. The molecule has 1 fully saturated rings. The Bertz CT molecular complexity index is 346. The summed E-state index contributed by atoms with van der Waals surface area (Å²) in [4.78, 5) is 2.46. The monoisotopic (exact) mass is 256 g/mol. The largest absolute Gasteiger partial charge is 0.508 e. The molecule has 0 aliphatic carbocycles. The maximum Gasteiger partial charge on any atom is 0.115 e. The van der Waals surface area contributed by atoms with Crippen LogP contribution < -0.4 is 5.32 Å². The van der Waals surface area contributed by atoms with E-state index in [4.69, 9.17) is 0 Å². The van der Waals surface area contributed by atoms with Crippen molar-refractivity contribution >= 4 is 12.4 Å². The molecule has 3 nitrogen and oxygen atoms in total. The van der Waals surface area contributed by atoms with Gasteiger partial charge in [0.1, 0.15) is 5.75 Å². The van der Waals surface area contributed by atoms with E-state index in [1.165, 1.54) is 18.5 Å². The second-order valence-corrected chi connectivity index (χ2v) is 4.62. The predicted octanol–water partition coefficient (Wildman–Crippen LogP) is 1.86. The highest BCUT2D eigenvalue weighted by Gasteiger charge is 2.21. The van der Waals surface area contributed by atoms with E-state index in [0.717, 1.165) is 25.6 Å². The van der Waals surface area contributed by atoms with Crippen LogP contribution in [0.2, 0.25) is 0 Å². The van der Waals surface area contributed by atoms with Crippen molar-refractivity contribution in [2.75, 3.05) is 26.7 Å². The van der Waals surface area contributed by atoms with Gasteiger partial charge in [0.15, 0.2) is 0 Å². The van der Waals surface area contributed by atoms with Crippen LogP contribution in [-0.2, 0) is 6.54 Å². The number of phenolic OH excluding ortho intramolecular Hbond substituents is 1. The first-order chi connectivity index (χ1) is 7.78. The van der Waals surface area contributed by atoms with Gasteiger partial charge in [0.05, 0.1) is 0 Å². The van der Waals surface area contributed by atoms with Crippen LogP contribution in [-0.4, -0.2) is 36.7 Å². The number of nitrogens with one attached hydrogen (secondary N) is 1. The number of nitrogens with zero attached hydrogens (tertiary/aromatic N) is 1. The van der Waals surface area contributed by atoms with Crippen LogP contribution in [0.5, 0.6) is 5.75 Å². The van der Waals surface area contributed by atoms with E-state index < -0.39 is 0 Å². The molecule has 0 saturated carbocycles. The summed E-state index contributed by atoms with van der Waals surface area (Å²) in [5.74, 6) is 1.14. The molecule has 1 unspecified atom stereocenters. The Morgan fingerprint density at radius 3 is 3.00 bits per heavy atom. The minimum absolute atomic E-state index is 0. The third kappa shape index (κ3) is 4.19. The molecule has 1 atom stereocenters. The lowest BCUT2D eigenvalue weighted by molar-refractivity contribution is 0.315. The summed E-state index contributed by atoms with van der Waals surface area (Å²) in [6.07, 6.45) is 1.28. The predicted molar refractivity (Wildman–Crippen MR) is 72.7 cm³/mol. The highest BCUT2D eigenvalue weighted by atomic mass is 35.5. The quantitative estimate of drug-likeness (QED) is 0.863.